The third-order valence-electron chi connectivity index (χ3n) is 2.36. The van der Waals surface area contributed by atoms with Gasteiger partial charge in [0.1, 0.15) is 0 Å². The molecule has 0 radical (unpaired) electrons. The molecule has 0 saturated carbocycles. The molecule has 14 heavy (non-hydrogen) atoms. The van der Waals surface area contributed by atoms with Crippen molar-refractivity contribution in [2.24, 2.45) is 0 Å². The van der Waals surface area contributed by atoms with Gasteiger partial charge in [0.05, 0.1) is 5.76 Å². The van der Waals surface area contributed by atoms with Crippen LogP contribution in [-0.2, 0) is 14.3 Å². The van der Waals surface area contributed by atoms with Gasteiger partial charge in [-0.2, -0.15) is 0 Å². The highest BCUT2D eigenvalue weighted by atomic mass is 16.5. The minimum Gasteiger partial charge on any atom is -0.482 e. The molecule has 0 spiro atoms. The monoisotopic (exact) mass is 190 g/mol. The van der Waals surface area contributed by atoms with E-state index in [0.29, 0.717) is 5.76 Å². The Kier molecular flexibility index (Phi) is 1.88. The van der Waals surface area contributed by atoms with Gasteiger partial charge in [0.15, 0.2) is 6.10 Å². The summed E-state index contributed by atoms with van der Waals surface area (Å²) in [6.45, 7) is 3.68. The standard InChI is InChI=1S/C11H10O3/c1-6-5-7(2)14-11-8(6)3-4-9(12)10(11)13/h3-5,11H,1-2H3. The Labute approximate surface area is 81.7 Å². The second kappa shape index (κ2) is 2.94. The van der Waals surface area contributed by atoms with Gasteiger partial charge >= 0.3 is 0 Å². The zero-order valence-corrected chi connectivity index (χ0v) is 8.03. The van der Waals surface area contributed by atoms with Crippen LogP contribution in [0.5, 0.6) is 0 Å². The molecule has 1 aliphatic carbocycles. The van der Waals surface area contributed by atoms with Crippen LogP contribution < -0.4 is 0 Å². The van der Waals surface area contributed by atoms with E-state index >= 15 is 0 Å². The van der Waals surface area contributed by atoms with Crippen molar-refractivity contribution in [1.29, 1.82) is 0 Å². The smallest absolute Gasteiger partial charge is 0.247 e. The van der Waals surface area contributed by atoms with Crippen molar-refractivity contribution in [2.75, 3.05) is 0 Å². The molecule has 0 amide bonds. The fourth-order valence-corrected chi connectivity index (χ4v) is 1.67. The number of ketones is 2. The maximum atomic E-state index is 11.5. The van der Waals surface area contributed by atoms with Gasteiger partial charge in [-0.15, -0.1) is 0 Å². The molecule has 1 atom stereocenters. The van der Waals surface area contributed by atoms with Crippen molar-refractivity contribution >= 4 is 11.6 Å². The number of fused-ring (bicyclic) bond motifs is 1. The molecular formula is C11H10O3. The van der Waals surface area contributed by atoms with E-state index < -0.39 is 17.7 Å². The third kappa shape index (κ3) is 1.21. The zero-order chi connectivity index (χ0) is 10.3. The maximum Gasteiger partial charge on any atom is 0.247 e. The molecule has 0 saturated heterocycles. The molecule has 0 aromatic carbocycles. The normalized spacial score (nSPS) is 25.9. The minimum absolute atomic E-state index is 0.477. The molecule has 0 bridgehead atoms. The predicted octanol–water partition coefficient (Wildman–Crippen LogP) is 1.31. The number of carbonyl (C=O) groups excluding carboxylic acids is 2. The molecule has 2 aliphatic rings. The Morgan fingerprint density at radius 3 is 2.64 bits per heavy atom. The van der Waals surface area contributed by atoms with Crippen LogP contribution >= 0.6 is 0 Å². The van der Waals surface area contributed by atoms with Gasteiger partial charge in [-0.25, -0.2) is 0 Å². The fourth-order valence-electron chi connectivity index (χ4n) is 1.67. The summed E-state index contributed by atoms with van der Waals surface area (Å²) in [5, 5.41) is 0. The number of Topliss-reactive ketones (excluding diaryl/α,β-unsaturated/α-hetero) is 1. The van der Waals surface area contributed by atoms with Gasteiger partial charge in [0, 0.05) is 5.57 Å². The van der Waals surface area contributed by atoms with Crippen LogP contribution in [0.4, 0.5) is 0 Å². The summed E-state index contributed by atoms with van der Waals surface area (Å²) in [5.41, 5.74) is 1.77. The Morgan fingerprint density at radius 1 is 1.21 bits per heavy atom. The average molecular weight is 190 g/mol. The number of carbonyl (C=O) groups is 2. The molecule has 0 N–H and O–H groups in total. The largest absolute Gasteiger partial charge is 0.482 e. The van der Waals surface area contributed by atoms with E-state index in [4.69, 9.17) is 4.74 Å². The minimum atomic E-state index is -0.711. The number of rotatable bonds is 0. The predicted molar refractivity (Wildman–Crippen MR) is 50.5 cm³/mol. The molecular weight excluding hydrogens is 180 g/mol. The number of hydrogen-bond donors (Lipinski definition) is 0. The molecule has 0 aromatic rings. The summed E-state index contributed by atoms with van der Waals surface area (Å²) < 4.78 is 5.32. The summed E-state index contributed by atoms with van der Waals surface area (Å²) in [7, 11) is 0. The molecule has 2 rings (SSSR count). The van der Waals surface area contributed by atoms with Gasteiger partial charge in [-0.05, 0) is 31.6 Å². The fraction of sp³-hybridized carbons (Fsp3) is 0.273. The second-order valence-corrected chi connectivity index (χ2v) is 3.45. The lowest BCUT2D eigenvalue weighted by atomic mass is 9.91. The summed E-state index contributed by atoms with van der Waals surface area (Å²) in [4.78, 5) is 22.6. The number of allylic oxidation sites excluding steroid dienone is 4. The highest BCUT2D eigenvalue weighted by molar-refractivity contribution is 6.44. The Bertz CT molecular complexity index is 410. The first-order valence-electron chi connectivity index (χ1n) is 4.41. The van der Waals surface area contributed by atoms with E-state index in [2.05, 4.69) is 0 Å². The van der Waals surface area contributed by atoms with E-state index in [-0.39, 0.29) is 0 Å². The summed E-state index contributed by atoms with van der Waals surface area (Å²) in [5.74, 6) is -0.289. The van der Waals surface area contributed by atoms with E-state index in [1.54, 1.807) is 13.0 Å². The molecule has 1 heterocycles. The van der Waals surface area contributed by atoms with E-state index in [0.717, 1.165) is 11.1 Å². The highest BCUT2D eigenvalue weighted by Crippen LogP contribution is 2.27. The molecule has 1 unspecified atom stereocenters. The molecule has 0 aromatic heterocycles. The van der Waals surface area contributed by atoms with Crippen LogP contribution in [0.2, 0.25) is 0 Å². The van der Waals surface area contributed by atoms with Crippen molar-refractivity contribution in [2.45, 2.75) is 20.0 Å². The second-order valence-electron chi connectivity index (χ2n) is 3.45. The van der Waals surface area contributed by atoms with Gasteiger partial charge in [0.25, 0.3) is 0 Å². The van der Waals surface area contributed by atoms with Crippen molar-refractivity contribution in [3.8, 4) is 0 Å². The summed E-state index contributed by atoms with van der Waals surface area (Å²) in [6.07, 6.45) is 4.11. The molecule has 0 fully saturated rings. The topological polar surface area (TPSA) is 43.4 Å². The van der Waals surface area contributed by atoms with Crippen LogP contribution in [0.1, 0.15) is 13.8 Å². The van der Waals surface area contributed by atoms with E-state index in [1.165, 1.54) is 6.08 Å². The lowest BCUT2D eigenvalue weighted by Gasteiger charge is -2.26. The Balaban J connectivity index is 2.52. The van der Waals surface area contributed by atoms with Crippen LogP contribution in [0.15, 0.2) is 35.1 Å². The van der Waals surface area contributed by atoms with Crippen LogP contribution in [0, 0.1) is 0 Å². The van der Waals surface area contributed by atoms with Gasteiger partial charge in [-0.1, -0.05) is 6.08 Å². The quantitative estimate of drug-likeness (QED) is 0.541. The van der Waals surface area contributed by atoms with Crippen LogP contribution in [0.3, 0.4) is 0 Å². The van der Waals surface area contributed by atoms with E-state index in [9.17, 15) is 9.59 Å². The highest BCUT2D eigenvalue weighted by Gasteiger charge is 2.34. The van der Waals surface area contributed by atoms with Crippen LogP contribution in [-0.4, -0.2) is 17.7 Å². The lowest BCUT2D eigenvalue weighted by Crippen LogP contribution is -2.35. The van der Waals surface area contributed by atoms with Gasteiger partial charge in [0.2, 0.25) is 11.6 Å². The summed E-state index contributed by atoms with van der Waals surface area (Å²) in [6, 6.07) is 0. The van der Waals surface area contributed by atoms with Gasteiger partial charge in [-0.3, -0.25) is 9.59 Å². The number of hydrogen-bond acceptors (Lipinski definition) is 3. The molecule has 3 nitrogen and oxygen atoms in total. The SMILES string of the molecule is CC1=CC(C)=C2C=CC(=O)C(=O)C2O1. The molecule has 3 heteroatoms. The third-order valence-corrected chi connectivity index (χ3v) is 2.36. The first-order chi connectivity index (χ1) is 6.59. The zero-order valence-electron chi connectivity index (χ0n) is 8.03. The Hall–Kier alpha value is -1.64. The first-order valence-corrected chi connectivity index (χ1v) is 4.41. The van der Waals surface area contributed by atoms with Crippen molar-refractivity contribution in [3.63, 3.8) is 0 Å². The first kappa shape index (κ1) is 8.94. The molecule has 72 valence electrons. The van der Waals surface area contributed by atoms with E-state index in [1.807, 2.05) is 13.0 Å². The average Bonchev–Trinajstić information content (AvgIpc) is 2.12. The molecule has 1 aliphatic heterocycles. The van der Waals surface area contributed by atoms with Gasteiger partial charge < -0.3 is 4.74 Å². The summed E-state index contributed by atoms with van der Waals surface area (Å²) >= 11 is 0. The maximum absolute atomic E-state index is 11.5. The van der Waals surface area contributed by atoms with Crippen LogP contribution in [0.25, 0.3) is 0 Å². The Morgan fingerprint density at radius 2 is 1.93 bits per heavy atom. The lowest BCUT2D eigenvalue weighted by molar-refractivity contribution is -0.139. The van der Waals surface area contributed by atoms with Crippen molar-refractivity contribution in [3.05, 3.63) is 35.1 Å². The number of ether oxygens (including phenoxy) is 1. The van der Waals surface area contributed by atoms with Crippen molar-refractivity contribution < 1.29 is 14.3 Å². The van der Waals surface area contributed by atoms with Crippen molar-refractivity contribution in [1.82, 2.24) is 0 Å².